The highest BCUT2D eigenvalue weighted by atomic mass is 16.2. The van der Waals surface area contributed by atoms with Gasteiger partial charge in [-0.05, 0) is 45.4 Å². The normalized spacial score (nSPS) is 32.2. The van der Waals surface area contributed by atoms with Crippen LogP contribution in [0.2, 0.25) is 0 Å². The predicted octanol–water partition coefficient (Wildman–Crippen LogP) is 2.47. The number of amides is 2. The highest BCUT2D eigenvalue weighted by molar-refractivity contribution is 6.00. The average Bonchev–Trinajstić information content (AvgIpc) is 3.21. The van der Waals surface area contributed by atoms with E-state index >= 15 is 0 Å². The standard InChI is InChI=1S/C16H28N2O2/c1-5-7-11(3)18-14(19)13(8-6-2)17-15(20)16(18,4)12-9-10-12/h11-13H,5-10H2,1-4H3,(H,17,20). The summed E-state index contributed by atoms with van der Waals surface area (Å²) in [5.74, 6) is 0.524. The summed E-state index contributed by atoms with van der Waals surface area (Å²) in [4.78, 5) is 27.4. The molecular weight excluding hydrogens is 252 g/mol. The fraction of sp³-hybridized carbons (Fsp3) is 0.875. The van der Waals surface area contributed by atoms with E-state index in [0.29, 0.717) is 5.92 Å². The van der Waals surface area contributed by atoms with Crippen LogP contribution < -0.4 is 5.32 Å². The van der Waals surface area contributed by atoms with Crippen LogP contribution in [0.25, 0.3) is 0 Å². The third kappa shape index (κ3) is 2.45. The van der Waals surface area contributed by atoms with Gasteiger partial charge in [-0.15, -0.1) is 0 Å². The lowest BCUT2D eigenvalue weighted by molar-refractivity contribution is -0.161. The molecule has 1 saturated carbocycles. The van der Waals surface area contributed by atoms with Crippen LogP contribution in [0.5, 0.6) is 0 Å². The molecule has 2 fully saturated rings. The van der Waals surface area contributed by atoms with Gasteiger partial charge in [-0.3, -0.25) is 9.59 Å². The van der Waals surface area contributed by atoms with Gasteiger partial charge >= 0.3 is 0 Å². The first-order chi connectivity index (χ1) is 9.46. The van der Waals surface area contributed by atoms with E-state index in [2.05, 4.69) is 19.2 Å². The molecule has 0 bridgehead atoms. The third-order valence-corrected chi connectivity index (χ3v) is 4.90. The summed E-state index contributed by atoms with van der Waals surface area (Å²) in [6.45, 7) is 8.23. The maximum Gasteiger partial charge on any atom is 0.246 e. The molecule has 2 aliphatic rings. The van der Waals surface area contributed by atoms with Crippen molar-refractivity contribution in [2.75, 3.05) is 0 Å². The van der Waals surface area contributed by atoms with Crippen LogP contribution in [-0.2, 0) is 9.59 Å². The molecule has 2 amide bonds. The Balaban J connectivity index is 2.30. The molecule has 2 rings (SSSR count). The van der Waals surface area contributed by atoms with Crippen molar-refractivity contribution in [3.8, 4) is 0 Å². The van der Waals surface area contributed by atoms with Gasteiger partial charge in [-0.1, -0.05) is 26.7 Å². The quantitative estimate of drug-likeness (QED) is 0.812. The largest absolute Gasteiger partial charge is 0.342 e. The van der Waals surface area contributed by atoms with Gasteiger partial charge < -0.3 is 10.2 Å². The zero-order valence-electron chi connectivity index (χ0n) is 13.2. The molecular formula is C16H28N2O2. The first-order valence-corrected chi connectivity index (χ1v) is 8.10. The van der Waals surface area contributed by atoms with Crippen molar-refractivity contribution in [3.05, 3.63) is 0 Å². The van der Waals surface area contributed by atoms with Crippen molar-refractivity contribution >= 4 is 11.8 Å². The van der Waals surface area contributed by atoms with Crippen molar-refractivity contribution < 1.29 is 9.59 Å². The molecule has 3 unspecified atom stereocenters. The minimum absolute atomic E-state index is 0.0565. The first-order valence-electron chi connectivity index (χ1n) is 8.10. The van der Waals surface area contributed by atoms with Gasteiger partial charge in [0.05, 0.1) is 0 Å². The number of carbonyl (C=O) groups is 2. The van der Waals surface area contributed by atoms with Crippen molar-refractivity contribution in [1.29, 1.82) is 0 Å². The molecule has 1 aliphatic carbocycles. The van der Waals surface area contributed by atoms with Crippen LogP contribution in [0.1, 0.15) is 66.2 Å². The Labute approximate surface area is 122 Å². The lowest BCUT2D eigenvalue weighted by Gasteiger charge is -2.49. The number of nitrogens with one attached hydrogen (secondary N) is 1. The zero-order valence-corrected chi connectivity index (χ0v) is 13.2. The summed E-state index contributed by atoms with van der Waals surface area (Å²) in [5, 5.41) is 2.98. The molecule has 1 aliphatic heterocycles. The molecule has 0 aromatic heterocycles. The Bertz CT molecular complexity index is 392. The SMILES string of the molecule is CCCC1NC(=O)C(C)(C2CC2)N(C(C)CCC)C1=O. The van der Waals surface area contributed by atoms with E-state index in [1.165, 1.54) is 0 Å². The van der Waals surface area contributed by atoms with Crippen LogP contribution in [0, 0.1) is 5.92 Å². The summed E-state index contributed by atoms with van der Waals surface area (Å²) in [7, 11) is 0. The van der Waals surface area contributed by atoms with Gasteiger partial charge in [0.25, 0.3) is 0 Å². The van der Waals surface area contributed by atoms with Crippen LogP contribution in [0.3, 0.4) is 0 Å². The number of nitrogens with zero attached hydrogens (tertiary/aromatic N) is 1. The van der Waals surface area contributed by atoms with Crippen LogP contribution in [0.4, 0.5) is 0 Å². The van der Waals surface area contributed by atoms with E-state index in [4.69, 9.17) is 0 Å². The smallest absolute Gasteiger partial charge is 0.246 e. The Morgan fingerprint density at radius 2 is 1.95 bits per heavy atom. The van der Waals surface area contributed by atoms with E-state index < -0.39 is 5.54 Å². The molecule has 0 radical (unpaired) electrons. The molecule has 1 heterocycles. The minimum atomic E-state index is -0.629. The monoisotopic (exact) mass is 280 g/mol. The molecule has 1 saturated heterocycles. The number of hydrogen-bond acceptors (Lipinski definition) is 2. The molecule has 0 aromatic carbocycles. The maximum absolute atomic E-state index is 12.8. The molecule has 0 spiro atoms. The topological polar surface area (TPSA) is 49.4 Å². The van der Waals surface area contributed by atoms with Crippen molar-refractivity contribution in [2.45, 2.75) is 83.8 Å². The van der Waals surface area contributed by atoms with Crippen LogP contribution in [0.15, 0.2) is 0 Å². The summed E-state index contributed by atoms with van der Waals surface area (Å²) in [6.07, 6.45) is 5.76. The predicted molar refractivity (Wildman–Crippen MR) is 79.2 cm³/mol. The lowest BCUT2D eigenvalue weighted by atomic mass is 9.85. The highest BCUT2D eigenvalue weighted by Crippen LogP contribution is 2.46. The first kappa shape index (κ1) is 15.3. The van der Waals surface area contributed by atoms with Gasteiger partial charge in [-0.2, -0.15) is 0 Å². The Kier molecular flexibility index (Phi) is 4.40. The van der Waals surface area contributed by atoms with Gasteiger partial charge in [0.15, 0.2) is 0 Å². The average molecular weight is 280 g/mol. The van der Waals surface area contributed by atoms with E-state index in [9.17, 15) is 9.59 Å². The van der Waals surface area contributed by atoms with E-state index in [0.717, 1.165) is 38.5 Å². The summed E-state index contributed by atoms with van der Waals surface area (Å²) in [6, 6.07) is -0.179. The van der Waals surface area contributed by atoms with Gasteiger partial charge in [0, 0.05) is 6.04 Å². The molecule has 0 aromatic rings. The van der Waals surface area contributed by atoms with Crippen LogP contribution in [-0.4, -0.2) is 34.3 Å². The second kappa shape index (κ2) is 5.74. The number of carbonyl (C=O) groups excluding carboxylic acids is 2. The number of piperazine rings is 1. The Morgan fingerprint density at radius 3 is 2.45 bits per heavy atom. The van der Waals surface area contributed by atoms with E-state index in [-0.39, 0.29) is 23.9 Å². The highest BCUT2D eigenvalue weighted by Gasteiger charge is 2.57. The molecule has 1 N–H and O–H groups in total. The fourth-order valence-electron chi connectivity index (χ4n) is 3.61. The van der Waals surface area contributed by atoms with Crippen molar-refractivity contribution in [3.63, 3.8) is 0 Å². The van der Waals surface area contributed by atoms with Gasteiger partial charge in [0.1, 0.15) is 11.6 Å². The van der Waals surface area contributed by atoms with E-state index in [1.54, 1.807) is 0 Å². The van der Waals surface area contributed by atoms with Gasteiger partial charge in [0.2, 0.25) is 11.8 Å². The molecule has 114 valence electrons. The summed E-state index contributed by atoms with van der Waals surface area (Å²) >= 11 is 0. The molecule has 3 atom stereocenters. The van der Waals surface area contributed by atoms with Gasteiger partial charge in [-0.25, -0.2) is 0 Å². The Morgan fingerprint density at radius 1 is 1.30 bits per heavy atom. The minimum Gasteiger partial charge on any atom is -0.342 e. The van der Waals surface area contributed by atoms with Crippen molar-refractivity contribution in [1.82, 2.24) is 10.2 Å². The molecule has 20 heavy (non-hydrogen) atoms. The Hall–Kier alpha value is -1.06. The third-order valence-electron chi connectivity index (χ3n) is 4.90. The number of rotatable bonds is 6. The molecule has 4 heteroatoms. The van der Waals surface area contributed by atoms with Crippen LogP contribution >= 0.6 is 0 Å². The second-order valence-electron chi connectivity index (χ2n) is 6.58. The fourth-order valence-corrected chi connectivity index (χ4v) is 3.61. The maximum atomic E-state index is 12.8. The lowest BCUT2D eigenvalue weighted by Crippen LogP contribution is -2.72. The number of hydrogen-bond donors (Lipinski definition) is 1. The summed E-state index contributed by atoms with van der Waals surface area (Å²) < 4.78 is 0. The second-order valence-corrected chi connectivity index (χ2v) is 6.58. The van der Waals surface area contributed by atoms with Crippen molar-refractivity contribution in [2.24, 2.45) is 5.92 Å². The molecule has 4 nitrogen and oxygen atoms in total. The zero-order chi connectivity index (χ0) is 14.9. The van der Waals surface area contributed by atoms with E-state index in [1.807, 2.05) is 18.7 Å². The summed E-state index contributed by atoms with van der Waals surface area (Å²) in [5.41, 5.74) is -0.629.